The molecule has 202 valence electrons. The van der Waals surface area contributed by atoms with Gasteiger partial charge in [-0.05, 0) is 60.8 Å². The Labute approximate surface area is 230 Å². The molecule has 0 saturated heterocycles. The van der Waals surface area contributed by atoms with Crippen LogP contribution in [0.1, 0.15) is 74.9 Å². The average Bonchev–Trinajstić information content (AvgIpc) is 3.61. The smallest absolute Gasteiger partial charge is 0.306 e. The quantitative estimate of drug-likeness (QED) is 0.216. The van der Waals surface area contributed by atoms with Crippen molar-refractivity contribution >= 4 is 5.97 Å². The zero-order valence-electron chi connectivity index (χ0n) is 23.2. The number of rotatable bonds is 10. The molecule has 1 fully saturated rings. The van der Waals surface area contributed by atoms with E-state index in [1.165, 1.54) is 11.1 Å². The lowest BCUT2D eigenvalue weighted by Gasteiger charge is -2.28. The second-order valence-corrected chi connectivity index (χ2v) is 11.4. The maximum absolute atomic E-state index is 12.1. The first-order valence-electron chi connectivity index (χ1n) is 13.8. The summed E-state index contributed by atoms with van der Waals surface area (Å²) in [5, 5.41) is 15.5. The molecule has 5 nitrogen and oxygen atoms in total. The summed E-state index contributed by atoms with van der Waals surface area (Å²) in [6.07, 6.45) is 2.33. The third-order valence-corrected chi connectivity index (χ3v) is 8.12. The maximum atomic E-state index is 12.1. The van der Waals surface area contributed by atoms with E-state index in [0.717, 1.165) is 35.1 Å². The Hall–Kier alpha value is -3.70. The van der Waals surface area contributed by atoms with Crippen LogP contribution in [0.3, 0.4) is 0 Å². The first kappa shape index (κ1) is 26.9. The number of aliphatic hydroxyl groups is 1. The van der Waals surface area contributed by atoms with Crippen molar-refractivity contribution in [1.29, 1.82) is 0 Å². The van der Waals surface area contributed by atoms with Gasteiger partial charge in [0.1, 0.15) is 0 Å². The largest absolute Gasteiger partial charge is 0.466 e. The van der Waals surface area contributed by atoms with E-state index in [1.54, 1.807) is 0 Å². The van der Waals surface area contributed by atoms with Crippen molar-refractivity contribution in [3.05, 3.63) is 101 Å². The normalized spacial score (nSPS) is 15.1. The van der Waals surface area contributed by atoms with Crippen molar-refractivity contribution in [1.82, 2.24) is 5.16 Å². The van der Waals surface area contributed by atoms with Crippen LogP contribution in [0.15, 0.2) is 83.4 Å². The van der Waals surface area contributed by atoms with Gasteiger partial charge < -0.3 is 14.4 Å². The average molecular weight is 524 g/mol. The molecular weight excluding hydrogens is 486 g/mol. The summed E-state index contributed by atoms with van der Waals surface area (Å²) in [5.41, 5.74) is 6.63. The van der Waals surface area contributed by atoms with Gasteiger partial charge >= 0.3 is 5.97 Å². The molecule has 1 atom stereocenters. The zero-order valence-corrected chi connectivity index (χ0v) is 23.2. The van der Waals surface area contributed by atoms with E-state index >= 15 is 0 Å². The first-order valence-corrected chi connectivity index (χ1v) is 13.8. The molecule has 39 heavy (non-hydrogen) atoms. The second-order valence-electron chi connectivity index (χ2n) is 11.4. The Morgan fingerprint density at radius 2 is 1.56 bits per heavy atom. The van der Waals surface area contributed by atoms with Crippen molar-refractivity contribution < 1.29 is 19.2 Å². The molecule has 1 unspecified atom stereocenters. The van der Waals surface area contributed by atoms with Crippen molar-refractivity contribution in [3.8, 4) is 22.5 Å². The number of esters is 1. The minimum Gasteiger partial charge on any atom is -0.466 e. The molecule has 1 aliphatic rings. The zero-order chi connectivity index (χ0) is 27.6. The molecule has 1 saturated carbocycles. The predicted octanol–water partition coefficient (Wildman–Crippen LogP) is 7.70. The molecule has 0 radical (unpaired) electrons. The van der Waals surface area contributed by atoms with Gasteiger partial charge in [-0.25, -0.2) is 0 Å². The number of hydrogen-bond donors (Lipinski definition) is 1. The summed E-state index contributed by atoms with van der Waals surface area (Å²) in [4.78, 5) is 12.1. The number of nitrogens with zero attached hydrogens (tertiary/aromatic N) is 1. The van der Waals surface area contributed by atoms with E-state index in [-0.39, 0.29) is 16.8 Å². The van der Waals surface area contributed by atoms with Gasteiger partial charge in [0.2, 0.25) is 0 Å². The monoisotopic (exact) mass is 523 g/mol. The molecule has 0 spiro atoms. The van der Waals surface area contributed by atoms with Gasteiger partial charge in [-0.2, -0.15) is 0 Å². The number of aliphatic hydroxyl groups excluding tert-OH is 1. The molecule has 0 aliphatic heterocycles. The molecule has 1 aromatic heterocycles. The van der Waals surface area contributed by atoms with Gasteiger partial charge in [0.05, 0.1) is 30.4 Å². The summed E-state index contributed by atoms with van der Waals surface area (Å²) in [6.45, 7) is 8.44. The van der Waals surface area contributed by atoms with E-state index in [1.807, 2.05) is 44.2 Å². The van der Waals surface area contributed by atoms with Crippen molar-refractivity contribution in [2.24, 2.45) is 0 Å². The molecule has 1 heterocycles. The second kappa shape index (κ2) is 10.8. The van der Waals surface area contributed by atoms with Gasteiger partial charge in [0.25, 0.3) is 0 Å². The number of aromatic nitrogens is 1. The minimum absolute atomic E-state index is 0.0644. The van der Waals surface area contributed by atoms with Crippen LogP contribution in [0.25, 0.3) is 22.5 Å². The van der Waals surface area contributed by atoms with Crippen LogP contribution >= 0.6 is 0 Å². The Bertz CT molecular complexity index is 1410. The fraction of sp³-hybridized carbons (Fsp3) is 0.353. The number of aryl methyl sites for hydroxylation is 1. The summed E-state index contributed by atoms with van der Waals surface area (Å²) in [5.74, 6) is 0.492. The number of carbonyl (C=O) groups is 1. The first-order chi connectivity index (χ1) is 18.7. The standard InChI is InChI=1S/C34H37NO4/c1-5-38-30(37)22-34(19-20-34)28-17-15-25(16-18-28)24-11-13-26(14-12-24)32-31(23(2)35-39-32)29(36)21-33(3,4)27-9-7-6-8-10-27/h6-18,29,36H,5,19-22H2,1-4H3. The Kier molecular flexibility index (Phi) is 7.46. The van der Waals surface area contributed by atoms with Crippen LogP contribution in [0.5, 0.6) is 0 Å². The number of ether oxygens (including phenoxy) is 1. The summed E-state index contributed by atoms with van der Waals surface area (Å²) in [6, 6.07) is 27.0. The Morgan fingerprint density at radius 1 is 0.974 bits per heavy atom. The number of hydrogen-bond acceptors (Lipinski definition) is 5. The van der Waals surface area contributed by atoms with Crippen molar-refractivity contribution in [2.45, 2.75) is 70.3 Å². The van der Waals surface area contributed by atoms with Crippen molar-refractivity contribution in [2.75, 3.05) is 6.61 Å². The SMILES string of the molecule is CCOC(=O)CC1(c2ccc(-c3ccc(-c4onc(C)c4C(O)CC(C)(C)c4ccccc4)cc3)cc2)CC1. The highest BCUT2D eigenvalue weighted by Gasteiger charge is 2.46. The molecule has 0 amide bonds. The molecule has 5 rings (SSSR count). The van der Waals surface area contributed by atoms with Gasteiger partial charge in [0, 0.05) is 11.0 Å². The minimum atomic E-state index is -0.710. The van der Waals surface area contributed by atoms with Crippen LogP contribution < -0.4 is 0 Å². The van der Waals surface area contributed by atoms with Crippen LogP contribution in [0.2, 0.25) is 0 Å². The number of benzene rings is 3. The van der Waals surface area contributed by atoms with Gasteiger partial charge in [-0.1, -0.05) is 97.9 Å². The van der Waals surface area contributed by atoms with Crippen molar-refractivity contribution in [3.63, 3.8) is 0 Å². The molecule has 1 aliphatic carbocycles. The molecule has 3 aromatic carbocycles. The van der Waals surface area contributed by atoms with Crippen LogP contribution in [-0.2, 0) is 20.4 Å². The van der Waals surface area contributed by atoms with E-state index < -0.39 is 6.10 Å². The molecule has 0 bridgehead atoms. The topological polar surface area (TPSA) is 72.6 Å². The van der Waals surface area contributed by atoms with Gasteiger partial charge in [-0.3, -0.25) is 4.79 Å². The highest BCUT2D eigenvalue weighted by molar-refractivity contribution is 5.73. The lowest BCUT2D eigenvalue weighted by atomic mass is 9.78. The lowest BCUT2D eigenvalue weighted by molar-refractivity contribution is -0.143. The molecular formula is C34H37NO4. The van der Waals surface area contributed by atoms with E-state index in [9.17, 15) is 9.90 Å². The van der Waals surface area contributed by atoms with Crippen LogP contribution in [-0.4, -0.2) is 22.8 Å². The van der Waals surface area contributed by atoms with E-state index in [0.29, 0.717) is 30.9 Å². The molecule has 5 heteroatoms. The highest BCUT2D eigenvalue weighted by atomic mass is 16.5. The van der Waals surface area contributed by atoms with Crippen LogP contribution in [0, 0.1) is 6.92 Å². The maximum Gasteiger partial charge on any atom is 0.306 e. The molecule has 1 N–H and O–H groups in total. The predicted molar refractivity (Wildman–Crippen MR) is 153 cm³/mol. The Morgan fingerprint density at radius 3 is 2.15 bits per heavy atom. The van der Waals surface area contributed by atoms with Crippen LogP contribution in [0.4, 0.5) is 0 Å². The summed E-state index contributed by atoms with van der Waals surface area (Å²) >= 11 is 0. The van der Waals surface area contributed by atoms with E-state index in [4.69, 9.17) is 9.26 Å². The van der Waals surface area contributed by atoms with Gasteiger partial charge in [0.15, 0.2) is 5.76 Å². The summed E-state index contributed by atoms with van der Waals surface area (Å²) < 4.78 is 10.9. The fourth-order valence-corrected chi connectivity index (χ4v) is 5.61. The highest BCUT2D eigenvalue weighted by Crippen LogP contribution is 2.51. The number of carbonyl (C=O) groups excluding carboxylic acids is 1. The lowest BCUT2D eigenvalue weighted by Crippen LogP contribution is -2.21. The Balaban J connectivity index is 1.32. The summed E-state index contributed by atoms with van der Waals surface area (Å²) in [7, 11) is 0. The third-order valence-electron chi connectivity index (χ3n) is 8.12. The molecule has 4 aromatic rings. The third kappa shape index (κ3) is 5.69. The van der Waals surface area contributed by atoms with Gasteiger partial charge in [-0.15, -0.1) is 0 Å². The fourth-order valence-electron chi connectivity index (χ4n) is 5.61. The van der Waals surface area contributed by atoms with E-state index in [2.05, 4.69) is 67.5 Å².